The van der Waals surface area contributed by atoms with Crippen molar-refractivity contribution in [3.05, 3.63) is 35.9 Å². The molecule has 3 nitrogen and oxygen atoms in total. The molecule has 1 amide bonds. The summed E-state index contributed by atoms with van der Waals surface area (Å²) in [6.45, 7) is 1.81. The molecule has 0 aromatic heterocycles. The molecule has 1 aliphatic rings. The molecule has 18 heavy (non-hydrogen) atoms. The zero-order valence-electron chi connectivity index (χ0n) is 11.1. The van der Waals surface area contributed by atoms with E-state index >= 15 is 0 Å². The first-order valence-electron chi connectivity index (χ1n) is 6.41. The van der Waals surface area contributed by atoms with Crippen LogP contribution in [0.2, 0.25) is 0 Å². The standard InChI is InChI=1S/C15H20N2O/c1-16(2)14-8-5-13(6-9-14)7-10-15(18)17-11-3-4-12-17/h5-10H,3-4,11-12H2,1-2H3/b10-7+. The van der Waals surface area contributed by atoms with Crippen LogP contribution in [0.25, 0.3) is 6.08 Å². The summed E-state index contributed by atoms with van der Waals surface area (Å²) in [5, 5.41) is 0. The van der Waals surface area contributed by atoms with E-state index in [9.17, 15) is 4.79 Å². The second kappa shape index (κ2) is 5.71. The molecule has 1 aromatic rings. The van der Waals surface area contributed by atoms with Gasteiger partial charge in [-0.15, -0.1) is 0 Å². The maximum absolute atomic E-state index is 11.8. The van der Waals surface area contributed by atoms with Crippen LogP contribution in [0.15, 0.2) is 30.3 Å². The van der Waals surface area contributed by atoms with E-state index in [0.717, 1.165) is 37.2 Å². The van der Waals surface area contributed by atoms with E-state index in [2.05, 4.69) is 17.0 Å². The van der Waals surface area contributed by atoms with Crippen LogP contribution in [-0.2, 0) is 4.79 Å². The Hall–Kier alpha value is -1.77. The number of amides is 1. The number of hydrogen-bond donors (Lipinski definition) is 0. The van der Waals surface area contributed by atoms with Gasteiger partial charge in [-0.1, -0.05) is 12.1 Å². The summed E-state index contributed by atoms with van der Waals surface area (Å²) in [5.74, 6) is 0.129. The summed E-state index contributed by atoms with van der Waals surface area (Å²) in [6.07, 6.45) is 5.84. The highest BCUT2D eigenvalue weighted by Crippen LogP contribution is 2.14. The predicted octanol–water partition coefficient (Wildman–Crippen LogP) is 2.39. The van der Waals surface area contributed by atoms with Gasteiger partial charge in [-0.25, -0.2) is 0 Å². The third-order valence-corrected chi connectivity index (χ3v) is 3.25. The van der Waals surface area contributed by atoms with Gasteiger partial charge in [0, 0.05) is 38.9 Å². The van der Waals surface area contributed by atoms with E-state index in [1.54, 1.807) is 6.08 Å². The lowest BCUT2D eigenvalue weighted by Gasteiger charge is -2.12. The molecule has 1 fully saturated rings. The Kier molecular flexibility index (Phi) is 4.03. The van der Waals surface area contributed by atoms with Gasteiger partial charge >= 0.3 is 0 Å². The Bertz CT molecular complexity index is 428. The Labute approximate surface area is 109 Å². The van der Waals surface area contributed by atoms with Crippen molar-refractivity contribution in [2.45, 2.75) is 12.8 Å². The van der Waals surface area contributed by atoms with Crippen molar-refractivity contribution in [1.82, 2.24) is 4.90 Å². The van der Waals surface area contributed by atoms with Crippen molar-refractivity contribution < 1.29 is 4.79 Å². The van der Waals surface area contributed by atoms with Crippen LogP contribution < -0.4 is 4.90 Å². The summed E-state index contributed by atoms with van der Waals surface area (Å²) >= 11 is 0. The molecule has 1 aliphatic heterocycles. The van der Waals surface area contributed by atoms with Crippen LogP contribution in [0.5, 0.6) is 0 Å². The zero-order valence-corrected chi connectivity index (χ0v) is 11.1. The van der Waals surface area contributed by atoms with E-state index in [1.165, 1.54) is 0 Å². The van der Waals surface area contributed by atoms with Crippen molar-refractivity contribution in [3.8, 4) is 0 Å². The molecule has 0 radical (unpaired) electrons. The van der Waals surface area contributed by atoms with Crippen molar-refractivity contribution in [3.63, 3.8) is 0 Å². The van der Waals surface area contributed by atoms with E-state index in [0.29, 0.717) is 0 Å². The third kappa shape index (κ3) is 3.13. The molecule has 0 unspecified atom stereocenters. The fourth-order valence-electron chi connectivity index (χ4n) is 2.09. The maximum atomic E-state index is 11.8. The monoisotopic (exact) mass is 244 g/mol. The number of rotatable bonds is 3. The first-order chi connectivity index (χ1) is 8.66. The average Bonchev–Trinajstić information content (AvgIpc) is 2.90. The Morgan fingerprint density at radius 1 is 1.17 bits per heavy atom. The van der Waals surface area contributed by atoms with Crippen molar-refractivity contribution in [1.29, 1.82) is 0 Å². The molecule has 0 saturated carbocycles. The van der Waals surface area contributed by atoms with Gasteiger partial charge in [-0.3, -0.25) is 4.79 Å². The molecule has 0 aliphatic carbocycles. The van der Waals surface area contributed by atoms with Gasteiger partial charge in [0.2, 0.25) is 5.91 Å². The van der Waals surface area contributed by atoms with Gasteiger partial charge in [0.05, 0.1) is 0 Å². The molecule has 3 heteroatoms. The lowest BCUT2D eigenvalue weighted by Crippen LogP contribution is -2.25. The Morgan fingerprint density at radius 2 is 1.78 bits per heavy atom. The number of carbonyl (C=O) groups is 1. The van der Waals surface area contributed by atoms with Crippen LogP contribution >= 0.6 is 0 Å². The summed E-state index contributed by atoms with van der Waals surface area (Å²) in [4.78, 5) is 15.8. The summed E-state index contributed by atoms with van der Waals surface area (Å²) in [6, 6.07) is 8.17. The number of hydrogen-bond acceptors (Lipinski definition) is 2. The summed E-state index contributed by atoms with van der Waals surface area (Å²) in [5.41, 5.74) is 2.23. The fraction of sp³-hybridized carbons (Fsp3) is 0.400. The number of carbonyl (C=O) groups excluding carboxylic acids is 1. The molecule has 1 aromatic carbocycles. The molecule has 0 bridgehead atoms. The van der Waals surface area contributed by atoms with E-state index < -0.39 is 0 Å². The predicted molar refractivity (Wildman–Crippen MR) is 75.6 cm³/mol. The minimum absolute atomic E-state index is 0.129. The lowest BCUT2D eigenvalue weighted by molar-refractivity contribution is -0.124. The Balaban J connectivity index is 1.97. The number of anilines is 1. The van der Waals surface area contributed by atoms with Crippen LogP contribution in [-0.4, -0.2) is 38.0 Å². The molecule has 1 heterocycles. The SMILES string of the molecule is CN(C)c1ccc(/C=C/C(=O)N2CCCC2)cc1. The molecule has 1 saturated heterocycles. The number of likely N-dealkylation sites (tertiary alicyclic amines) is 1. The summed E-state index contributed by atoms with van der Waals surface area (Å²) < 4.78 is 0. The molecule has 2 rings (SSSR count). The highest BCUT2D eigenvalue weighted by atomic mass is 16.2. The zero-order chi connectivity index (χ0) is 13.0. The molecular formula is C15H20N2O. The smallest absolute Gasteiger partial charge is 0.246 e. The second-order valence-corrected chi connectivity index (χ2v) is 4.85. The second-order valence-electron chi connectivity index (χ2n) is 4.85. The van der Waals surface area contributed by atoms with Gasteiger partial charge in [0.15, 0.2) is 0 Å². The number of nitrogens with zero attached hydrogens (tertiary/aromatic N) is 2. The molecular weight excluding hydrogens is 224 g/mol. The molecule has 0 N–H and O–H groups in total. The molecule has 0 spiro atoms. The third-order valence-electron chi connectivity index (χ3n) is 3.25. The largest absolute Gasteiger partial charge is 0.378 e. The van der Waals surface area contributed by atoms with Crippen LogP contribution in [0.4, 0.5) is 5.69 Å². The van der Waals surface area contributed by atoms with Gasteiger partial charge < -0.3 is 9.80 Å². The van der Waals surface area contributed by atoms with Crippen molar-refractivity contribution in [2.24, 2.45) is 0 Å². The number of benzene rings is 1. The minimum atomic E-state index is 0.129. The minimum Gasteiger partial charge on any atom is -0.378 e. The van der Waals surface area contributed by atoms with E-state index in [1.807, 2.05) is 37.2 Å². The van der Waals surface area contributed by atoms with Gasteiger partial charge in [-0.05, 0) is 36.6 Å². The van der Waals surface area contributed by atoms with Crippen molar-refractivity contribution in [2.75, 3.05) is 32.1 Å². The topological polar surface area (TPSA) is 23.6 Å². The van der Waals surface area contributed by atoms with Gasteiger partial charge in [0.25, 0.3) is 0 Å². The molecule has 0 atom stereocenters. The van der Waals surface area contributed by atoms with Crippen molar-refractivity contribution >= 4 is 17.7 Å². The average molecular weight is 244 g/mol. The highest BCUT2D eigenvalue weighted by Gasteiger charge is 2.14. The Morgan fingerprint density at radius 3 is 2.33 bits per heavy atom. The van der Waals surface area contributed by atoms with Crippen LogP contribution in [0, 0.1) is 0 Å². The maximum Gasteiger partial charge on any atom is 0.246 e. The summed E-state index contributed by atoms with van der Waals surface area (Å²) in [7, 11) is 4.03. The van der Waals surface area contributed by atoms with Gasteiger partial charge in [-0.2, -0.15) is 0 Å². The molecule has 96 valence electrons. The fourth-order valence-corrected chi connectivity index (χ4v) is 2.09. The first kappa shape index (κ1) is 12.7. The van der Waals surface area contributed by atoms with Gasteiger partial charge in [0.1, 0.15) is 0 Å². The lowest BCUT2D eigenvalue weighted by atomic mass is 10.2. The normalized spacial score (nSPS) is 15.3. The van der Waals surface area contributed by atoms with Crippen LogP contribution in [0.1, 0.15) is 18.4 Å². The van der Waals surface area contributed by atoms with E-state index in [4.69, 9.17) is 0 Å². The van der Waals surface area contributed by atoms with E-state index in [-0.39, 0.29) is 5.91 Å². The quantitative estimate of drug-likeness (QED) is 0.762. The first-order valence-corrected chi connectivity index (χ1v) is 6.41. The highest BCUT2D eigenvalue weighted by molar-refractivity contribution is 5.91. The van der Waals surface area contributed by atoms with Crippen LogP contribution in [0.3, 0.4) is 0 Å².